The summed E-state index contributed by atoms with van der Waals surface area (Å²) in [7, 11) is -4.00. The van der Waals surface area contributed by atoms with Crippen molar-refractivity contribution in [3.63, 3.8) is 0 Å². The molecule has 0 unspecified atom stereocenters. The lowest BCUT2D eigenvalue weighted by Crippen LogP contribution is -2.17. The normalized spacial score (nSPS) is 11.8. The van der Waals surface area contributed by atoms with Crippen LogP contribution in [0.25, 0.3) is 0 Å². The first-order valence-corrected chi connectivity index (χ1v) is 6.07. The molecule has 0 saturated heterocycles. The molecule has 0 saturated carbocycles. The number of nitrogens with one attached hydrogen (secondary N) is 1. The van der Waals surface area contributed by atoms with Crippen LogP contribution in [-0.2, 0) is 10.0 Å². The molecular weight excluding hydrogens is 262 g/mol. The van der Waals surface area contributed by atoms with Gasteiger partial charge in [0.25, 0.3) is 6.43 Å². The number of benzene rings is 1. The highest BCUT2D eigenvalue weighted by Crippen LogP contribution is 2.24. The molecule has 0 atom stereocenters. The quantitative estimate of drug-likeness (QED) is 0.874. The Morgan fingerprint density at radius 3 is 2.56 bits per heavy atom. The van der Waals surface area contributed by atoms with E-state index in [1.807, 2.05) is 0 Å². The molecule has 1 aromatic rings. The maximum absolute atomic E-state index is 12.0. The Kier molecular flexibility index (Phi) is 4.06. The van der Waals surface area contributed by atoms with Gasteiger partial charge in [-0.2, -0.15) is 0 Å². The fourth-order valence-electron chi connectivity index (χ4n) is 1.06. The van der Waals surface area contributed by atoms with Crippen molar-refractivity contribution < 1.29 is 17.2 Å². The average molecular weight is 271 g/mol. The summed E-state index contributed by atoms with van der Waals surface area (Å²) in [5.41, 5.74) is 0.00667. The number of anilines is 1. The third-order valence-electron chi connectivity index (χ3n) is 1.70. The summed E-state index contributed by atoms with van der Waals surface area (Å²) in [5.74, 6) is 0. The molecule has 8 heteroatoms. The van der Waals surface area contributed by atoms with Crippen LogP contribution >= 0.6 is 11.6 Å². The molecule has 0 fully saturated rings. The molecule has 3 N–H and O–H groups in total. The zero-order valence-electron chi connectivity index (χ0n) is 7.95. The van der Waals surface area contributed by atoms with Crippen LogP contribution in [-0.4, -0.2) is 21.4 Å². The second-order valence-corrected chi connectivity index (χ2v) is 4.92. The third-order valence-corrected chi connectivity index (χ3v) is 2.88. The molecule has 0 amide bonds. The van der Waals surface area contributed by atoms with E-state index in [1.54, 1.807) is 0 Å². The Hall–Kier alpha value is -0.920. The SMILES string of the molecule is NS(=O)(=O)c1cc(Cl)ccc1NCC(F)F. The minimum atomic E-state index is -4.00. The topological polar surface area (TPSA) is 72.2 Å². The number of hydrogen-bond donors (Lipinski definition) is 2. The van der Waals surface area contributed by atoms with Crippen LogP contribution < -0.4 is 10.5 Å². The zero-order valence-corrected chi connectivity index (χ0v) is 9.52. The standard InChI is InChI=1S/C8H9ClF2N2O2S/c9-5-1-2-6(13-4-8(10)11)7(3-5)16(12,14)15/h1-3,8,13H,4H2,(H2,12,14,15). The van der Waals surface area contributed by atoms with Crippen molar-refractivity contribution in [1.29, 1.82) is 0 Å². The average Bonchev–Trinajstić information content (AvgIpc) is 2.14. The van der Waals surface area contributed by atoms with E-state index in [0.717, 1.165) is 6.07 Å². The molecule has 0 aliphatic heterocycles. The molecule has 0 bridgehead atoms. The van der Waals surface area contributed by atoms with E-state index in [0.29, 0.717) is 0 Å². The molecule has 1 rings (SSSR count). The van der Waals surface area contributed by atoms with Gasteiger partial charge in [-0.25, -0.2) is 22.3 Å². The summed E-state index contributed by atoms with van der Waals surface area (Å²) in [4.78, 5) is -0.305. The monoisotopic (exact) mass is 270 g/mol. The summed E-state index contributed by atoms with van der Waals surface area (Å²) < 4.78 is 46.2. The molecule has 0 radical (unpaired) electrons. The van der Waals surface area contributed by atoms with Gasteiger partial charge in [0.15, 0.2) is 0 Å². The van der Waals surface area contributed by atoms with Crippen molar-refractivity contribution in [2.45, 2.75) is 11.3 Å². The van der Waals surface area contributed by atoms with E-state index in [4.69, 9.17) is 16.7 Å². The number of halogens is 3. The van der Waals surface area contributed by atoms with Crippen molar-refractivity contribution in [3.8, 4) is 0 Å². The molecule has 1 aromatic carbocycles. The van der Waals surface area contributed by atoms with Gasteiger partial charge in [-0.1, -0.05) is 11.6 Å². The Morgan fingerprint density at radius 1 is 1.44 bits per heavy atom. The van der Waals surface area contributed by atoms with Gasteiger partial charge in [-0.15, -0.1) is 0 Å². The van der Waals surface area contributed by atoms with Crippen molar-refractivity contribution >= 4 is 27.3 Å². The lowest BCUT2D eigenvalue weighted by atomic mass is 10.3. The van der Waals surface area contributed by atoms with E-state index in [2.05, 4.69) is 5.32 Å². The lowest BCUT2D eigenvalue weighted by molar-refractivity contribution is 0.163. The summed E-state index contributed by atoms with van der Waals surface area (Å²) in [6, 6.07) is 3.76. The van der Waals surface area contributed by atoms with Crippen LogP contribution in [0.3, 0.4) is 0 Å². The van der Waals surface area contributed by atoms with Crippen molar-refractivity contribution in [1.82, 2.24) is 0 Å². The van der Waals surface area contributed by atoms with E-state index < -0.39 is 23.0 Å². The first kappa shape index (κ1) is 13.1. The third kappa shape index (κ3) is 3.58. The lowest BCUT2D eigenvalue weighted by Gasteiger charge is -2.10. The minimum Gasteiger partial charge on any atom is -0.378 e. The van der Waals surface area contributed by atoms with Crippen molar-refractivity contribution in [3.05, 3.63) is 23.2 Å². The van der Waals surface area contributed by atoms with Gasteiger partial charge in [0, 0.05) is 5.02 Å². The van der Waals surface area contributed by atoms with Gasteiger partial charge < -0.3 is 5.32 Å². The van der Waals surface area contributed by atoms with Crippen LogP contribution in [0.1, 0.15) is 0 Å². The van der Waals surface area contributed by atoms with Crippen LogP contribution in [0.5, 0.6) is 0 Å². The summed E-state index contributed by atoms with van der Waals surface area (Å²) in [5, 5.41) is 7.36. The van der Waals surface area contributed by atoms with E-state index in [9.17, 15) is 17.2 Å². The number of rotatable bonds is 4. The predicted molar refractivity (Wildman–Crippen MR) is 57.3 cm³/mol. The van der Waals surface area contributed by atoms with E-state index in [-0.39, 0.29) is 15.6 Å². The molecule has 4 nitrogen and oxygen atoms in total. The number of nitrogens with two attached hydrogens (primary N) is 1. The molecule has 0 spiro atoms. The number of hydrogen-bond acceptors (Lipinski definition) is 3. The van der Waals surface area contributed by atoms with E-state index >= 15 is 0 Å². The van der Waals surface area contributed by atoms with Crippen LogP contribution in [0, 0.1) is 0 Å². The molecule has 0 aliphatic rings. The van der Waals surface area contributed by atoms with Gasteiger partial charge in [0.05, 0.1) is 12.2 Å². The Bertz CT molecular complexity index is 479. The number of sulfonamides is 1. The predicted octanol–water partition coefficient (Wildman–Crippen LogP) is 1.66. The van der Waals surface area contributed by atoms with Crippen LogP contribution in [0.4, 0.5) is 14.5 Å². The molecule has 90 valence electrons. The Labute approximate surface area is 96.4 Å². The number of alkyl halides is 2. The Morgan fingerprint density at radius 2 is 2.06 bits per heavy atom. The first-order chi connectivity index (χ1) is 7.30. The van der Waals surface area contributed by atoms with E-state index in [1.165, 1.54) is 12.1 Å². The second kappa shape index (κ2) is 4.94. The smallest absolute Gasteiger partial charge is 0.255 e. The fourth-order valence-corrected chi connectivity index (χ4v) is 2.04. The van der Waals surface area contributed by atoms with Gasteiger partial charge in [0.2, 0.25) is 10.0 Å². The molecular formula is C8H9ClF2N2O2S. The first-order valence-electron chi connectivity index (χ1n) is 4.15. The van der Waals surface area contributed by atoms with Crippen LogP contribution in [0.15, 0.2) is 23.1 Å². The van der Waals surface area contributed by atoms with Crippen molar-refractivity contribution in [2.75, 3.05) is 11.9 Å². The van der Waals surface area contributed by atoms with Crippen LogP contribution in [0.2, 0.25) is 5.02 Å². The van der Waals surface area contributed by atoms with Gasteiger partial charge in [0.1, 0.15) is 4.90 Å². The summed E-state index contributed by atoms with van der Waals surface area (Å²) >= 11 is 5.59. The minimum absolute atomic E-state index is 0.00667. The summed E-state index contributed by atoms with van der Waals surface area (Å²) in [6.07, 6.45) is -2.59. The maximum atomic E-state index is 12.0. The summed E-state index contributed by atoms with van der Waals surface area (Å²) in [6.45, 7) is -0.663. The Balaban J connectivity index is 3.09. The highest BCUT2D eigenvalue weighted by Gasteiger charge is 2.15. The maximum Gasteiger partial charge on any atom is 0.255 e. The highest BCUT2D eigenvalue weighted by atomic mass is 35.5. The number of primary sulfonamides is 1. The van der Waals surface area contributed by atoms with Gasteiger partial charge in [-0.3, -0.25) is 0 Å². The van der Waals surface area contributed by atoms with Crippen molar-refractivity contribution in [2.24, 2.45) is 5.14 Å². The fraction of sp³-hybridized carbons (Fsp3) is 0.250. The molecule has 0 heterocycles. The zero-order chi connectivity index (χ0) is 12.3. The van der Waals surface area contributed by atoms with Gasteiger partial charge in [-0.05, 0) is 18.2 Å². The highest BCUT2D eigenvalue weighted by molar-refractivity contribution is 7.89. The molecule has 0 aromatic heterocycles. The molecule has 0 aliphatic carbocycles. The van der Waals surface area contributed by atoms with Gasteiger partial charge >= 0.3 is 0 Å². The largest absolute Gasteiger partial charge is 0.378 e. The molecule has 16 heavy (non-hydrogen) atoms. The second-order valence-electron chi connectivity index (χ2n) is 2.96.